The molecule has 1 aromatic heterocycles. The summed E-state index contributed by atoms with van der Waals surface area (Å²) in [4.78, 5) is 51.5. The third kappa shape index (κ3) is 4.71. The molecule has 24 heavy (non-hydrogen) atoms. The van der Waals surface area contributed by atoms with Crippen molar-refractivity contribution in [3.63, 3.8) is 0 Å². The van der Waals surface area contributed by atoms with Crippen LogP contribution in [0, 0.1) is 0 Å². The topological polar surface area (TPSA) is 106 Å². The van der Waals surface area contributed by atoms with Crippen LogP contribution in [0.4, 0.5) is 4.79 Å². The van der Waals surface area contributed by atoms with Crippen LogP contribution < -0.4 is 5.32 Å². The van der Waals surface area contributed by atoms with Gasteiger partial charge < -0.3 is 10.1 Å². The van der Waals surface area contributed by atoms with Crippen LogP contribution in [0.5, 0.6) is 0 Å². The van der Waals surface area contributed by atoms with Gasteiger partial charge in [0.25, 0.3) is 11.1 Å². The fourth-order valence-electron chi connectivity index (χ4n) is 1.87. The third-order valence-corrected chi connectivity index (χ3v) is 4.59. The lowest BCUT2D eigenvalue weighted by Crippen LogP contribution is -2.38. The molecule has 0 aliphatic carbocycles. The smallest absolute Gasteiger partial charge is 0.341 e. The molecule has 0 unspecified atom stereocenters. The van der Waals surface area contributed by atoms with Gasteiger partial charge in [-0.3, -0.25) is 19.3 Å². The van der Waals surface area contributed by atoms with E-state index in [0.717, 1.165) is 16.7 Å². The van der Waals surface area contributed by atoms with Gasteiger partial charge in [-0.2, -0.15) is 0 Å². The highest BCUT2D eigenvalue weighted by Gasteiger charge is 2.29. The van der Waals surface area contributed by atoms with Crippen molar-refractivity contribution >= 4 is 46.5 Å². The lowest BCUT2D eigenvalue weighted by Gasteiger charge is -2.13. The summed E-state index contributed by atoms with van der Waals surface area (Å²) in [5.74, 6) is -1.28. The van der Waals surface area contributed by atoms with Gasteiger partial charge in [-0.25, -0.2) is 9.78 Å². The first-order chi connectivity index (χ1) is 11.5. The number of nitrogens with one attached hydrogen (secondary N) is 1. The SMILES string of the molecule is CSc1ncccc1C(=O)OCC(=O)NCCN1C(=O)CSC1=O. The zero-order valence-corrected chi connectivity index (χ0v) is 14.4. The zero-order valence-electron chi connectivity index (χ0n) is 12.8. The summed E-state index contributed by atoms with van der Waals surface area (Å²) in [5.41, 5.74) is 0.295. The Bertz CT molecular complexity index is 652. The van der Waals surface area contributed by atoms with E-state index in [2.05, 4.69) is 10.3 Å². The Hall–Kier alpha value is -2.07. The van der Waals surface area contributed by atoms with Gasteiger partial charge in [0.1, 0.15) is 5.03 Å². The minimum Gasteiger partial charge on any atom is -0.452 e. The van der Waals surface area contributed by atoms with Gasteiger partial charge in [-0.05, 0) is 18.4 Å². The summed E-state index contributed by atoms with van der Waals surface area (Å²) in [6, 6.07) is 3.18. The number of hydrogen-bond donors (Lipinski definition) is 1. The molecule has 2 heterocycles. The Morgan fingerprint density at radius 2 is 2.25 bits per heavy atom. The van der Waals surface area contributed by atoms with Crippen molar-refractivity contribution < 1.29 is 23.9 Å². The molecule has 0 spiro atoms. The van der Waals surface area contributed by atoms with E-state index >= 15 is 0 Å². The number of nitrogens with zero attached hydrogens (tertiary/aromatic N) is 2. The number of hydrogen-bond acceptors (Lipinski definition) is 8. The molecule has 3 amide bonds. The number of aromatic nitrogens is 1. The summed E-state index contributed by atoms with van der Waals surface area (Å²) >= 11 is 2.24. The van der Waals surface area contributed by atoms with E-state index in [4.69, 9.17) is 4.74 Å². The van der Waals surface area contributed by atoms with Crippen LogP contribution in [0.3, 0.4) is 0 Å². The number of ether oxygens (including phenoxy) is 1. The summed E-state index contributed by atoms with van der Waals surface area (Å²) < 4.78 is 4.94. The van der Waals surface area contributed by atoms with Gasteiger partial charge in [0.15, 0.2) is 6.61 Å². The molecule has 2 rings (SSSR count). The van der Waals surface area contributed by atoms with Gasteiger partial charge in [-0.15, -0.1) is 11.8 Å². The number of thioether (sulfide) groups is 2. The minimum atomic E-state index is -0.635. The first-order valence-electron chi connectivity index (χ1n) is 6.93. The molecule has 1 aromatic rings. The van der Waals surface area contributed by atoms with Crippen LogP contribution >= 0.6 is 23.5 Å². The molecular weight excluding hydrogens is 354 g/mol. The van der Waals surface area contributed by atoms with Gasteiger partial charge in [-0.1, -0.05) is 11.8 Å². The normalized spacial score (nSPS) is 14.0. The number of imide groups is 1. The number of carbonyl (C=O) groups excluding carboxylic acids is 4. The van der Waals surface area contributed by atoms with Gasteiger partial charge >= 0.3 is 5.97 Å². The maximum atomic E-state index is 11.9. The largest absolute Gasteiger partial charge is 0.452 e. The lowest BCUT2D eigenvalue weighted by molar-refractivity contribution is -0.126. The van der Waals surface area contributed by atoms with Crippen LogP contribution in [0.1, 0.15) is 10.4 Å². The average molecular weight is 369 g/mol. The maximum absolute atomic E-state index is 11.9. The van der Waals surface area contributed by atoms with E-state index in [1.54, 1.807) is 24.6 Å². The first-order valence-corrected chi connectivity index (χ1v) is 9.14. The molecule has 1 aliphatic heterocycles. The van der Waals surface area contributed by atoms with Gasteiger partial charge in [0, 0.05) is 19.3 Å². The van der Waals surface area contributed by atoms with Crippen molar-refractivity contribution in [2.75, 3.05) is 31.7 Å². The van der Waals surface area contributed by atoms with E-state index in [9.17, 15) is 19.2 Å². The van der Waals surface area contributed by atoms with Crippen LogP contribution in [0.15, 0.2) is 23.4 Å². The first kappa shape index (κ1) is 18.3. The standard InChI is InChI=1S/C14H15N3O5S2/c1-23-12-9(3-2-4-16-12)13(20)22-7-10(18)15-5-6-17-11(19)8-24-14(17)21/h2-4H,5-8H2,1H3,(H,15,18). The molecule has 1 N–H and O–H groups in total. The molecule has 0 saturated carbocycles. The molecule has 0 atom stereocenters. The predicted octanol–water partition coefficient (Wildman–Crippen LogP) is 0.772. The number of carbonyl (C=O) groups is 4. The van der Waals surface area contributed by atoms with Crippen LogP contribution in [0.25, 0.3) is 0 Å². The van der Waals surface area contributed by atoms with Crippen molar-refractivity contribution in [2.24, 2.45) is 0 Å². The molecule has 8 nitrogen and oxygen atoms in total. The molecule has 0 aromatic carbocycles. The van der Waals surface area contributed by atoms with Crippen molar-refractivity contribution in [3.8, 4) is 0 Å². The molecule has 10 heteroatoms. The Kier molecular flexibility index (Phi) is 6.62. The van der Waals surface area contributed by atoms with Gasteiger partial charge in [0.2, 0.25) is 5.91 Å². The van der Waals surface area contributed by atoms with E-state index < -0.39 is 18.5 Å². The second kappa shape index (κ2) is 8.69. The molecule has 1 aliphatic rings. The minimum absolute atomic E-state index is 0.101. The fraction of sp³-hybridized carbons (Fsp3) is 0.357. The van der Waals surface area contributed by atoms with Gasteiger partial charge in [0.05, 0.1) is 11.3 Å². The summed E-state index contributed by atoms with van der Waals surface area (Å²) in [5, 5.41) is 2.70. The van der Waals surface area contributed by atoms with Crippen molar-refractivity contribution in [1.29, 1.82) is 0 Å². The lowest BCUT2D eigenvalue weighted by atomic mass is 10.3. The second-order valence-electron chi connectivity index (χ2n) is 4.59. The maximum Gasteiger partial charge on any atom is 0.341 e. The Balaban J connectivity index is 1.74. The van der Waals surface area contributed by atoms with E-state index in [1.807, 2.05) is 0 Å². The van der Waals surface area contributed by atoms with Crippen molar-refractivity contribution in [2.45, 2.75) is 5.03 Å². The Morgan fingerprint density at radius 3 is 2.92 bits per heavy atom. The summed E-state index contributed by atoms with van der Waals surface area (Å²) in [7, 11) is 0. The Morgan fingerprint density at radius 1 is 1.46 bits per heavy atom. The highest BCUT2D eigenvalue weighted by Crippen LogP contribution is 2.18. The average Bonchev–Trinajstić information content (AvgIpc) is 2.91. The van der Waals surface area contributed by atoms with Crippen LogP contribution in [-0.2, 0) is 14.3 Å². The Labute approximate surface area is 146 Å². The van der Waals surface area contributed by atoms with Crippen LogP contribution in [0.2, 0.25) is 0 Å². The molecule has 1 saturated heterocycles. The van der Waals surface area contributed by atoms with Crippen molar-refractivity contribution in [1.82, 2.24) is 15.2 Å². The molecule has 1 fully saturated rings. The molecule has 0 radical (unpaired) electrons. The number of amides is 3. The van der Waals surface area contributed by atoms with Crippen LogP contribution in [-0.4, -0.2) is 64.6 Å². The quantitative estimate of drug-likeness (QED) is 0.555. The zero-order chi connectivity index (χ0) is 17.5. The molecule has 128 valence electrons. The van der Waals surface area contributed by atoms with E-state index in [-0.39, 0.29) is 30.0 Å². The predicted molar refractivity (Wildman–Crippen MR) is 88.9 cm³/mol. The summed E-state index contributed by atoms with van der Waals surface area (Å²) in [6.45, 7) is -0.237. The fourth-order valence-corrected chi connectivity index (χ4v) is 3.16. The third-order valence-electron chi connectivity index (χ3n) is 3.02. The van der Waals surface area contributed by atoms with E-state index in [0.29, 0.717) is 10.6 Å². The highest BCUT2D eigenvalue weighted by atomic mass is 32.2. The molecular formula is C14H15N3O5S2. The van der Waals surface area contributed by atoms with E-state index in [1.165, 1.54) is 11.8 Å². The molecule has 0 bridgehead atoms. The van der Waals surface area contributed by atoms with Crippen molar-refractivity contribution in [3.05, 3.63) is 23.9 Å². The second-order valence-corrected chi connectivity index (χ2v) is 6.31. The number of esters is 1. The monoisotopic (exact) mass is 369 g/mol. The number of pyridine rings is 1. The summed E-state index contributed by atoms with van der Waals surface area (Å²) in [6.07, 6.45) is 3.35. The number of rotatable bonds is 7. The highest BCUT2D eigenvalue weighted by molar-refractivity contribution is 8.14.